The number of hydrogen-bond donors (Lipinski definition) is 1. The Labute approximate surface area is 154 Å². The van der Waals surface area contributed by atoms with Crippen molar-refractivity contribution in [3.05, 3.63) is 11.1 Å². The molecule has 2 unspecified atom stereocenters. The lowest BCUT2D eigenvalue weighted by Gasteiger charge is -2.39. The van der Waals surface area contributed by atoms with E-state index in [1.165, 1.54) is 30.8 Å². The van der Waals surface area contributed by atoms with Crippen molar-refractivity contribution >= 4 is 17.5 Å². The van der Waals surface area contributed by atoms with Crippen molar-refractivity contribution in [2.45, 2.75) is 51.4 Å². The second-order valence-corrected chi connectivity index (χ2v) is 7.83. The summed E-state index contributed by atoms with van der Waals surface area (Å²) in [7, 11) is 0. The minimum atomic E-state index is -5.08. The summed E-state index contributed by atoms with van der Waals surface area (Å²) in [5.41, 5.74) is 1.22. The van der Waals surface area contributed by atoms with Gasteiger partial charge in [0.2, 0.25) is 0 Å². The molecule has 1 aromatic heterocycles. The highest BCUT2D eigenvalue weighted by molar-refractivity contribution is 7.03. The van der Waals surface area contributed by atoms with Crippen LogP contribution in [0.5, 0.6) is 0 Å². The number of halogens is 3. The lowest BCUT2D eigenvalue weighted by atomic mass is 9.83. The zero-order valence-electron chi connectivity index (χ0n) is 14.8. The van der Waals surface area contributed by atoms with Crippen LogP contribution in [0.25, 0.3) is 0 Å². The molecule has 1 N–H and O–H groups in total. The van der Waals surface area contributed by atoms with E-state index in [4.69, 9.17) is 14.6 Å². The Kier molecular flexibility index (Phi) is 6.98. The first-order valence-electron chi connectivity index (χ1n) is 8.54. The third kappa shape index (κ3) is 5.88. The summed E-state index contributed by atoms with van der Waals surface area (Å²) >= 11 is 1.44. The first-order chi connectivity index (χ1) is 12.1. The van der Waals surface area contributed by atoms with Gasteiger partial charge >= 0.3 is 12.1 Å². The van der Waals surface area contributed by atoms with Crippen molar-refractivity contribution in [3.63, 3.8) is 0 Å². The zero-order chi connectivity index (χ0) is 19.4. The van der Waals surface area contributed by atoms with Crippen LogP contribution in [0.15, 0.2) is 5.38 Å². The Morgan fingerprint density at radius 3 is 2.73 bits per heavy atom. The SMILES string of the molecule is CC(C)C1COC2(CCCN(Cc3csnn3)C2)C1.O=C(O)C(F)(F)F. The van der Waals surface area contributed by atoms with E-state index in [9.17, 15) is 13.2 Å². The van der Waals surface area contributed by atoms with Crippen molar-refractivity contribution in [1.82, 2.24) is 14.5 Å². The minimum Gasteiger partial charge on any atom is -0.475 e. The molecule has 3 heterocycles. The number of aliphatic carboxylic acids is 1. The van der Waals surface area contributed by atoms with Crippen molar-refractivity contribution < 1.29 is 27.8 Å². The largest absolute Gasteiger partial charge is 0.490 e. The summed E-state index contributed by atoms with van der Waals surface area (Å²) in [6.45, 7) is 8.73. The van der Waals surface area contributed by atoms with Crippen LogP contribution in [-0.4, -0.2) is 57.0 Å². The molecule has 1 spiro atoms. The van der Waals surface area contributed by atoms with Crippen LogP contribution in [0, 0.1) is 11.8 Å². The number of ether oxygens (including phenoxy) is 1. The predicted octanol–water partition coefficient (Wildman–Crippen LogP) is 3.20. The minimum absolute atomic E-state index is 0.122. The number of hydrogen-bond acceptors (Lipinski definition) is 6. The highest BCUT2D eigenvalue weighted by Gasteiger charge is 2.44. The molecular weight excluding hydrogens is 371 g/mol. The van der Waals surface area contributed by atoms with Crippen LogP contribution in [0.1, 0.15) is 38.8 Å². The lowest BCUT2D eigenvalue weighted by Crippen LogP contribution is -2.47. The van der Waals surface area contributed by atoms with Gasteiger partial charge in [-0.15, -0.1) is 5.10 Å². The summed E-state index contributed by atoms with van der Waals surface area (Å²) in [5, 5.41) is 13.3. The highest BCUT2D eigenvalue weighted by Crippen LogP contribution is 2.40. The van der Waals surface area contributed by atoms with Gasteiger partial charge in [-0.3, -0.25) is 4.90 Å². The lowest BCUT2D eigenvalue weighted by molar-refractivity contribution is -0.192. The van der Waals surface area contributed by atoms with Gasteiger partial charge in [0.05, 0.1) is 17.9 Å². The van der Waals surface area contributed by atoms with Gasteiger partial charge in [-0.2, -0.15) is 13.2 Å². The molecule has 26 heavy (non-hydrogen) atoms. The number of nitrogens with zero attached hydrogens (tertiary/aromatic N) is 3. The van der Waals surface area contributed by atoms with Crippen molar-refractivity contribution in [3.8, 4) is 0 Å². The van der Waals surface area contributed by atoms with Crippen molar-refractivity contribution in [2.75, 3.05) is 19.7 Å². The van der Waals surface area contributed by atoms with E-state index in [1.54, 1.807) is 0 Å². The molecule has 148 valence electrons. The summed E-state index contributed by atoms with van der Waals surface area (Å²) in [5.74, 6) is -1.29. The molecule has 2 atom stereocenters. The molecular formula is C16H24F3N3O3S. The molecule has 2 fully saturated rings. The normalized spacial score (nSPS) is 26.8. The molecule has 0 aliphatic carbocycles. The second-order valence-electron chi connectivity index (χ2n) is 7.22. The number of carbonyl (C=O) groups is 1. The summed E-state index contributed by atoms with van der Waals surface area (Å²) in [6, 6.07) is 0. The van der Waals surface area contributed by atoms with Gasteiger partial charge in [0.1, 0.15) is 0 Å². The number of carboxylic acid groups (broad SMARTS) is 1. The second kappa shape index (κ2) is 8.62. The van der Waals surface area contributed by atoms with E-state index < -0.39 is 12.1 Å². The topological polar surface area (TPSA) is 75.5 Å². The Morgan fingerprint density at radius 1 is 1.54 bits per heavy atom. The molecule has 0 bridgehead atoms. The van der Waals surface area contributed by atoms with Crippen LogP contribution < -0.4 is 0 Å². The fourth-order valence-electron chi connectivity index (χ4n) is 3.40. The Morgan fingerprint density at radius 2 is 2.23 bits per heavy atom. The molecule has 2 saturated heterocycles. The molecule has 0 amide bonds. The standard InChI is InChI=1S/C14H23N3OS.C2HF3O2/c1-11(2)12-6-14(18-8-12)4-3-5-17(10-14)7-13-9-19-16-15-13;3-2(4,5)1(6)7/h9,11-12H,3-8,10H2,1-2H3;(H,6,7). The maximum absolute atomic E-state index is 10.6. The van der Waals surface area contributed by atoms with Gasteiger partial charge in [0, 0.05) is 18.5 Å². The first kappa shape index (κ1) is 21.0. The quantitative estimate of drug-likeness (QED) is 0.847. The molecule has 2 aliphatic heterocycles. The molecule has 6 nitrogen and oxygen atoms in total. The van der Waals surface area contributed by atoms with Gasteiger partial charge in [0.15, 0.2) is 0 Å². The zero-order valence-corrected chi connectivity index (χ0v) is 15.6. The van der Waals surface area contributed by atoms with Gasteiger partial charge in [-0.25, -0.2) is 4.79 Å². The molecule has 0 radical (unpaired) electrons. The third-order valence-corrected chi connectivity index (χ3v) is 5.39. The molecule has 3 rings (SSSR count). The maximum atomic E-state index is 10.6. The predicted molar refractivity (Wildman–Crippen MR) is 89.7 cm³/mol. The Bertz CT molecular complexity index is 583. The van der Waals surface area contributed by atoms with E-state index in [-0.39, 0.29) is 5.60 Å². The van der Waals surface area contributed by atoms with Crippen LogP contribution in [-0.2, 0) is 16.1 Å². The number of rotatable bonds is 3. The number of carboxylic acids is 1. The fraction of sp³-hybridized carbons (Fsp3) is 0.812. The van der Waals surface area contributed by atoms with Gasteiger partial charge in [0.25, 0.3) is 0 Å². The molecule has 2 aliphatic rings. The van der Waals surface area contributed by atoms with E-state index >= 15 is 0 Å². The number of likely N-dealkylation sites (tertiary alicyclic amines) is 1. The third-order valence-electron chi connectivity index (χ3n) is 4.83. The summed E-state index contributed by atoms with van der Waals surface area (Å²) < 4.78 is 41.9. The van der Waals surface area contributed by atoms with E-state index in [0.29, 0.717) is 0 Å². The van der Waals surface area contributed by atoms with Crippen LogP contribution >= 0.6 is 11.5 Å². The van der Waals surface area contributed by atoms with Crippen molar-refractivity contribution in [1.29, 1.82) is 0 Å². The van der Waals surface area contributed by atoms with Crippen LogP contribution in [0.3, 0.4) is 0 Å². The monoisotopic (exact) mass is 395 g/mol. The summed E-state index contributed by atoms with van der Waals surface area (Å²) in [6.07, 6.45) is -1.39. The van der Waals surface area contributed by atoms with Gasteiger partial charge in [-0.1, -0.05) is 18.3 Å². The van der Waals surface area contributed by atoms with Crippen LogP contribution in [0.4, 0.5) is 13.2 Å². The average Bonchev–Trinajstić information content (AvgIpc) is 3.18. The van der Waals surface area contributed by atoms with Crippen molar-refractivity contribution in [2.24, 2.45) is 11.8 Å². The Balaban J connectivity index is 0.000000298. The average molecular weight is 395 g/mol. The number of alkyl halides is 3. The van der Waals surface area contributed by atoms with E-state index in [0.717, 1.165) is 43.8 Å². The van der Waals surface area contributed by atoms with E-state index in [1.807, 2.05) is 5.38 Å². The molecule has 0 saturated carbocycles. The summed E-state index contributed by atoms with van der Waals surface area (Å²) in [4.78, 5) is 11.4. The number of piperidine rings is 1. The van der Waals surface area contributed by atoms with Gasteiger partial charge in [-0.05, 0) is 49.2 Å². The highest BCUT2D eigenvalue weighted by atomic mass is 32.1. The smallest absolute Gasteiger partial charge is 0.475 e. The molecule has 10 heteroatoms. The van der Waals surface area contributed by atoms with E-state index in [2.05, 4.69) is 28.3 Å². The molecule has 0 aromatic carbocycles. The fourth-order valence-corrected chi connectivity index (χ4v) is 3.84. The number of aromatic nitrogens is 2. The molecule has 1 aromatic rings. The first-order valence-corrected chi connectivity index (χ1v) is 9.37. The Hall–Kier alpha value is -1.26. The van der Waals surface area contributed by atoms with Crippen LogP contribution in [0.2, 0.25) is 0 Å². The van der Waals surface area contributed by atoms with Gasteiger partial charge < -0.3 is 9.84 Å². The maximum Gasteiger partial charge on any atom is 0.490 e.